The molecule has 2 saturated heterocycles. The molecule has 0 aliphatic carbocycles. The Labute approximate surface area is 232 Å². The first-order valence-electron chi connectivity index (χ1n) is 14.2. The number of amides is 2. The third kappa shape index (κ3) is 2.60. The molecule has 4 aromatic rings. The van der Waals surface area contributed by atoms with Gasteiger partial charge in [0.1, 0.15) is 11.0 Å². The van der Waals surface area contributed by atoms with Crippen LogP contribution in [0.2, 0.25) is 0 Å². The van der Waals surface area contributed by atoms with Crippen molar-refractivity contribution in [1.82, 2.24) is 4.90 Å². The smallest absolute Gasteiger partial charge is 0.251 e. The Kier molecular flexibility index (Phi) is 4.79. The number of aryl methyl sites for hydroxylation is 1. The number of nitrogens with one attached hydrogen (secondary N) is 2. The van der Waals surface area contributed by atoms with Gasteiger partial charge < -0.3 is 10.6 Å². The van der Waals surface area contributed by atoms with Gasteiger partial charge in [-0.05, 0) is 59.8 Å². The summed E-state index contributed by atoms with van der Waals surface area (Å²) in [7, 11) is 0. The fourth-order valence-corrected chi connectivity index (χ4v) is 8.48. The van der Waals surface area contributed by atoms with E-state index in [1.54, 1.807) is 0 Å². The number of hydrogen-bond donors (Lipinski definition) is 2. The quantitative estimate of drug-likeness (QED) is 0.349. The molecule has 2 fully saturated rings. The van der Waals surface area contributed by atoms with E-state index in [-0.39, 0.29) is 23.6 Å². The second-order valence-corrected chi connectivity index (χ2v) is 11.5. The molecular weight excluding hydrogens is 498 g/mol. The maximum atomic E-state index is 14.9. The monoisotopic (exact) mass is 527 g/mol. The van der Waals surface area contributed by atoms with E-state index >= 15 is 0 Å². The molecule has 6 nitrogen and oxygen atoms in total. The largest absolute Gasteiger partial charge is 0.325 e. The predicted molar refractivity (Wildman–Crippen MR) is 154 cm³/mol. The molecule has 0 bridgehead atoms. The lowest BCUT2D eigenvalue weighted by atomic mass is 9.57. The van der Waals surface area contributed by atoms with E-state index in [2.05, 4.69) is 22.5 Å². The van der Waals surface area contributed by atoms with Gasteiger partial charge in [0.05, 0.1) is 5.92 Å². The van der Waals surface area contributed by atoms with E-state index in [1.165, 1.54) is 0 Å². The minimum absolute atomic E-state index is 0.0840. The van der Waals surface area contributed by atoms with Crippen LogP contribution >= 0.6 is 0 Å². The summed E-state index contributed by atoms with van der Waals surface area (Å²) in [6, 6.07) is 27.1. The Morgan fingerprint density at radius 2 is 1.65 bits per heavy atom. The van der Waals surface area contributed by atoms with Gasteiger partial charge in [-0.2, -0.15) is 0 Å². The molecule has 8 rings (SSSR count). The van der Waals surface area contributed by atoms with Crippen LogP contribution in [-0.4, -0.2) is 35.1 Å². The van der Waals surface area contributed by atoms with E-state index in [0.717, 1.165) is 52.4 Å². The summed E-state index contributed by atoms with van der Waals surface area (Å²) in [5.74, 6) is -1.30. The molecule has 6 heteroatoms. The fraction of sp³-hybridized carbons (Fsp3) is 0.265. The van der Waals surface area contributed by atoms with Crippen molar-refractivity contribution in [3.8, 4) is 0 Å². The van der Waals surface area contributed by atoms with Crippen LogP contribution < -0.4 is 10.6 Å². The number of hydrogen-bond acceptors (Lipinski definition) is 4. The highest BCUT2D eigenvalue weighted by molar-refractivity contribution is 6.21. The van der Waals surface area contributed by atoms with Gasteiger partial charge in [0.15, 0.2) is 5.78 Å². The molecule has 40 heavy (non-hydrogen) atoms. The van der Waals surface area contributed by atoms with Crippen LogP contribution in [-0.2, 0) is 27.0 Å². The molecule has 0 unspecified atom stereocenters. The fourth-order valence-electron chi connectivity index (χ4n) is 8.48. The Morgan fingerprint density at radius 1 is 0.875 bits per heavy atom. The lowest BCUT2D eigenvalue weighted by Gasteiger charge is -2.43. The molecule has 4 aliphatic rings. The van der Waals surface area contributed by atoms with Gasteiger partial charge in [-0.25, -0.2) is 0 Å². The third-order valence-electron chi connectivity index (χ3n) is 9.92. The average Bonchev–Trinajstić information content (AvgIpc) is 3.71. The van der Waals surface area contributed by atoms with Crippen molar-refractivity contribution in [2.24, 2.45) is 5.92 Å². The molecule has 2 amide bonds. The van der Waals surface area contributed by atoms with Crippen molar-refractivity contribution in [2.75, 3.05) is 17.2 Å². The average molecular weight is 528 g/mol. The van der Waals surface area contributed by atoms with Crippen molar-refractivity contribution in [1.29, 1.82) is 0 Å². The van der Waals surface area contributed by atoms with Crippen LogP contribution in [0.25, 0.3) is 10.8 Å². The number of carbonyl (C=O) groups is 3. The van der Waals surface area contributed by atoms with Gasteiger partial charge in [0.2, 0.25) is 5.91 Å². The van der Waals surface area contributed by atoms with Gasteiger partial charge in [-0.1, -0.05) is 79.7 Å². The lowest BCUT2D eigenvalue weighted by molar-refractivity contribution is -0.137. The van der Waals surface area contributed by atoms with Gasteiger partial charge in [-0.3, -0.25) is 19.3 Å². The summed E-state index contributed by atoms with van der Waals surface area (Å²) in [5, 5.41) is 8.37. The number of Topliss-reactive ketones (excluding diaryl/α,β-unsaturated/α-hetero) is 1. The molecule has 2 N–H and O–H groups in total. The van der Waals surface area contributed by atoms with Crippen molar-refractivity contribution >= 4 is 39.7 Å². The molecule has 0 radical (unpaired) electrons. The maximum Gasteiger partial charge on any atom is 0.251 e. The molecule has 4 aliphatic heterocycles. The van der Waals surface area contributed by atoms with Crippen molar-refractivity contribution in [2.45, 2.75) is 43.2 Å². The Bertz CT molecular complexity index is 1780. The van der Waals surface area contributed by atoms with E-state index in [1.807, 2.05) is 84.9 Å². The number of ketones is 1. The van der Waals surface area contributed by atoms with E-state index < -0.39 is 16.9 Å². The standard InChI is InChI=1S/C34H29N3O3/c1-2-20-11-7-13-25-29(20)36-32(40)34(25)33(24-12-5-6-14-26(24)35-31(33)39)28(27-15-8-18-37(27)34)30(38)23-17-16-21-9-3-4-10-22(21)19-23/h3-7,9-14,16-17,19,27-28H,2,8,15,18H2,1H3,(H,35,39)(H,36,40)/t27-,28-,33+,34+/m1/s1. The zero-order chi connectivity index (χ0) is 27.2. The Balaban J connectivity index is 1.45. The van der Waals surface area contributed by atoms with E-state index in [4.69, 9.17) is 0 Å². The molecule has 0 aromatic heterocycles. The van der Waals surface area contributed by atoms with Crippen LogP contribution in [0, 0.1) is 5.92 Å². The topological polar surface area (TPSA) is 78.5 Å². The number of carbonyl (C=O) groups excluding carboxylic acids is 3. The number of para-hydroxylation sites is 2. The highest BCUT2D eigenvalue weighted by Gasteiger charge is 2.81. The van der Waals surface area contributed by atoms with Crippen molar-refractivity contribution < 1.29 is 14.4 Å². The van der Waals surface area contributed by atoms with Crippen molar-refractivity contribution in [3.63, 3.8) is 0 Å². The van der Waals surface area contributed by atoms with Gasteiger partial charge in [0, 0.05) is 28.5 Å². The van der Waals surface area contributed by atoms with Crippen LogP contribution in [0.4, 0.5) is 11.4 Å². The Morgan fingerprint density at radius 3 is 2.50 bits per heavy atom. The molecular formula is C34H29N3O3. The molecule has 0 saturated carbocycles. The van der Waals surface area contributed by atoms with Crippen LogP contribution in [0.1, 0.15) is 46.8 Å². The van der Waals surface area contributed by atoms with Crippen molar-refractivity contribution in [3.05, 3.63) is 107 Å². The number of benzene rings is 4. The lowest BCUT2D eigenvalue weighted by Crippen LogP contribution is -2.62. The summed E-state index contributed by atoms with van der Waals surface area (Å²) in [6.45, 7) is 2.71. The van der Waals surface area contributed by atoms with Crippen LogP contribution in [0.3, 0.4) is 0 Å². The SMILES string of the molecule is CCc1cccc2c1NC(=O)[C@@]21N2CCC[C@@H]2[C@H](C(=O)c2ccc3ccccc3c2)[C@@]12C(=O)Nc1ccccc12. The first-order chi connectivity index (χ1) is 19.5. The summed E-state index contributed by atoms with van der Waals surface area (Å²) >= 11 is 0. The number of anilines is 2. The first-order valence-corrected chi connectivity index (χ1v) is 14.2. The minimum Gasteiger partial charge on any atom is -0.325 e. The zero-order valence-electron chi connectivity index (χ0n) is 22.2. The Hall–Kier alpha value is -4.29. The zero-order valence-corrected chi connectivity index (χ0v) is 22.2. The molecule has 4 atom stereocenters. The normalized spacial score (nSPS) is 28.1. The summed E-state index contributed by atoms with van der Waals surface area (Å²) in [4.78, 5) is 46.4. The van der Waals surface area contributed by atoms with Crippen LogP contribution in [0.15, 0.2) is 84.9 Å². The number of nitrogens with zero attached hydrogens (tertiary/aromatic N) is 1. The van der Waals surface area contributed by atoms with E-state index in [0.29, 0.717) is 17.8 Å². The second-order valence-electron chi connectivity index (χ2n) is 11.5. The first kappa shape index (κ1) is 23.6. The number of rotatable bonds is 3. The van der Waals surface area contributed by atoms with E-state index in [9.17, 15) is 14.4 Å². The second kappa shape index (κ2) is 8.12. The van der Waals surface area contributed by atoms with Gasteiger partial charge in [0.25, 0.3) is 5.91 Å². The molecule has 2 spiro atoms. The predicted octanol–water partition coefficient (Wildman–Crippen LogP) is 5.42. The third-order valence-corrected chi connectivity index (χ3v) is 9.92. The van der Waals surface area contributed by atoms with Gasteiger partial charge in [-0.15, -0.1) is 0 Å². The highest BCUT2D eigenvalue weighted by Crippen LogP contribution is 2.68. The molecule has 4 aromatic carbocycles. The molecule has 4 heterocycles. The summed E-state index contributed by atoms with van der Waals surface area (Å²) in [5.41, 5.74) is 1.87. The summed E-state index contributed by atoms with van der Waals surface area (Å²) < 4.78 is 0. The van der Waals surface area contributed by atoms with Crippen LogP contribution in [0.5, 0.6) is 0 Å². The summed E-state index contributed by atoms with van der Waals surface area (Å²) in [6.07, 6.45) is 2.36. The highest BCUT2D eigenvalue weighted by atomic mass is 16.2. The molecule has 198 valence electrons. The van der Waals surface area contributed by atoms with Gasteiger partial charge >= 0.3 is 0 Å². The number of fused-ring (bicyclic) bond motifs is 8. The maximum absolute atomic E-state index is 14.9. The minimum atomic E-state index is -1.42.